The molecular formula is C17H21NOS. The van der Waals surface area contributed by atoms with Gasteiger partial charge in [0.2, 0.25) is 0 Å². The summed E-state index contributed by atoms with van der Waals surface area (Å²) in [6, 6.07) is 13.4. The maximum atomic E-state index is 6.13. The van der Waals surface area contributed by atoms with Crippen LogP contribution in [0.1, 0.15) is 40.0 Å². The van der Waals surface area contributed by atoms with Crippen LogP contribution in [0.15, 0.2) is 36.4 Å². The van der Waals surface area contributed by atoms with E-state index in [1.807, 2.05) is 11.3 Å². The van der Waals surface area contributed by atoms with E-state index >= 15 is 0 Å². The third-order valence-electron chi connectivity index (χ3n) is 3.82. The van der Waals surface area contributed by atoms with Gasteiger partial charge in [-0.1, -0.05) is 31.2 Å². The van der Waals surface area contributed by atoms with Crippen molar-refractivity contribution >= 4 is 11.3 Å². The van der Waals surface area contributed by atoms with Crippen molar-refractivity contribution in [1.82, 2.24) is 5.32 Å². The Morgan fingerprint density at radius 1 is 1.30 bits per heavy atom. The molecule has 2 nitrogen and oxygen atoms in total. The van der Waals surface area contributed by atoms with Crippen LogP contribution in [0.5, 0.6) is 0 Å². The number of benzene rings is 1. The standard InChI is InChI=1S/C17H21NOS/c1-3-18-16(15-9-8-12(2)20-15)17-14-7-5-4-6-13(14)10-11-19-17/h4-9,16-18H,3,10-11H2,1-2H3. The summed E-state index contributed by atoms with van der Waals surface area (Å²) in [7, 11) is 0. The van der Waals surface area contributed by atoms with Gasteiger partial charge in [-0.05, 0) is 43.1 Å². The van der Waals surface area contributed by atoms with Gasteiger partial charge in [0.25, 0.3) is 0 Å². The zero-order chi connectivity index (χ0) is 13.9. The number of nitrogens with one attached hydrogen (secondary N) is 1. The van der Waals surface area contributed by atoms with Crippen molar-refractivity contribution < 1.29 is 4.74 Å². The third-order valence-corrected chi connectivity index (χ3v) is 4.91. The molecule has 1 aliphatic rings. The van der Waals surface area contributed by atoms with Crippen LogP contribution >= 0.6 is 11.3 Å². The van der Waals surface area contributed by atoms with Gasteiger partial charge in [-0.15, -0.1) is 11.3 Å². The van der Waals surface area contributed by atoms with E-state index in [-0.39, 0.29) is 12.1 Å². The van der Waals surface area contributed by atoms with Crippen molar-refractivity contribution in [3.63, 3.8) is 0 Å². The topological polar surface area (TPSA) is 21.3 Å². The van der Waals surface area contributed by atoms with Crippen molar-refractivity contribution in [2.75, 3.05) is 13.2 Å². The van der Waals surface area contributed by atoms with Crippen molar-refractivity contribution in [3.8, 4) is 0 Å². The van der Waals surface area contributed by atoms with Crippen LogP contribution in [0.2, 0.25) is 0 Å². The molecule has 3 rings (SSSR count). The molecular weight excluding hydrogens is 266 g/mol. The maximum absolute atomic E-state index is 6.13. The normalized spacial score (nSPS) is 19.6. The second-order valence-electron chi connectivity index (χ2n) is 5.22. The zero-order valence-electron chi connectivity index (χ0n) is 12.1. The number of fused-ring (bicyclic) bond motifs is 1. The molecule has 3 heteroatoms. The Morgan fingerprint density at radius 3 is 2.90 bits per heavy atom. The molecule has 0 amide bonds. The minimum absolute atomic E-state index is 0.123. The van der Waals surface area contributed by atoms with Gasteiger partial charge in [0, 0.05) is 9.75 Å². The summed E-state index contributed by atoms with van der Waals surface area (Å²) in [4.78, 5) is 2.72. The molecule has 0 fully saturated rings. The first kappa shape index (κ1) is 13.8. The first-order valence-corrected chi connectivity index (χ1v) is 8.10. The van der Waals surface area contributed by atoms with Gasteiger partial charge in [-0.2, -0.15) is 0 Å². The van der Waals surface area contributed by atoms with E-state index < -0.39 is 0 Å². The van der Waals surface area contributed by atoms with Crippen molar-refractivity contribution in [2.45, 2.75) is 32.4 Å². The summed E-state index contributed by atoms with van der Waals surface area (Å²) < 4.78 is 6.13. The van der Waals surface area contributed by atoms with Crippen molar-refractivity contribution in [3.05, 3.63) is 57.3 Å². The zero-order valence-corrected chi connectivity index (χ0v) is 12.9. The predicted molar refractivity (Wildman–Crippen MR) is 84.3 cm³/mol. The van der Waals surface area contributed by atoms with E-state index in [0.29, 0.717) is 0 Å². The monoisotopic (exact) mass is 287 g/mol. The SMILES string of the molecule is CCNC(c1ccc(C)s1)C1OCCc2ccccc21. The number of likely N-dealkylation sites (N-methyl/N-ethyl adjacent to an activating group) is 1. The maximum Gasteiger partial charge on any atom is 0.103 e. The van der Waals surface area contributed by atoms with E-state index in [1.54, 1.807) is 0 Å². The quantitative estimate of drug-likeness (QED) is 0.917. The number of hydrogen-bond donors (Lipinski definition) is 1. The number of ether oxygens (including phenoxy) is 1. The first-order chi connectivity index (χ1) is 9.79. The van der Waals surface area contributed by atoms with Gasteiger partial charge < -0.3 is 10.1 Å². The lowest BCUT2D eigenvalue weighted by Crippen LogP contribution is -2.31. The number of hydrogen-bond acceptors (Lipinski definition) is 3. The third kappa shape index (κ3) is 2.66. The molecule has 106 valence electrons. The predicted octanol–water partition coefficient (Wildman–Crippen LogP) is 4.02. The van der Waals surface area contributed by atoms with Gasteiger partial charge in [0.15, 0.2) is 0 Å². The highest BCUT2D eigenvalue weighted by Crippen LogP contribution is 2.39. The molecule has 2 unspecified atom stereocenters. The van der Waals surface area contributed by atoms with Crippen LogP contribution in [0.25, 0.3) is 0 Å². The molecule has 0 spiro atoms. The average molecular weight is 287 g/mol. The minimum atomic E-state index is 0.123. The van der Waals surface area contributed by atoms with Crippen molar-refractivity contribution in [1.29, 1.82) is 0 Å². The largest absolute Gasteiger partial charge is 0.371 e. The Balaban J connectivity index is 1.96. The lowest BCUT2D eigenvalue weighted by atomic mass is 9.92. The second kappa shape index (κ2) is 6.08. The fourth-order valence-electron chi connectivity index (χ4n) is 2.90. The molecule has 0 saturated heterocycles. The van der Waals surface area contributed by atoms with Gasteiger partial charge in [-0.3, -0.25) is 0 Å². The summed E-state index contributed by atoms with van der Waals surface area (Å²) >= 11 is 1.86. The molecule has 2 heterocycles. The molecule has 20 heavy (non-hydrogen) atoms. The molecule has 0 aliphatic carbocycles. The van der Waals surface area contributed by atoms with Crippen LogP contribution in [-0.4, -0.2) is 13.2 Å². The van der Waals surface area contributed by atoms with Gasteiger partial charge >= 0.3 is 0 Å². The highest BCUT2D eigenvalue weighted by atomic mass is 32.1. The number of thiophene rings is 1. The highest BCUT2D eigenvalue weighted by Gasteiger charge is 2.30. The van der Waals surface area contributed by atoms with Crippen LogP contribution in [0.4, 0.5) is 0 Å². The summed E-state index contributed by atoms with van der Waals surface area (Å²) in [6.45, 7) is 6.08. The van der Waals surface area contributed by atoms with E-state index in [0.717, 1.165) is 19.6 Å². The number of aryl methyl sites for hydroxylation is 1. The molecule has 0 bridgehead atoms. The van der Waals surface area contributed by atoms with E-state index in [4.69, 9.17) is 4.74 Å². The summed E-state index contributed by atoms with van der Waals surface area (Å²) in [5.41, 5.74) is 2.77. The van der Waals surface area contributed by atoms with E-state index in [2.05, 4.69) is 55.6 Å². The Morgan fingerprint density at radius 2 is 2.15 bits per heavy atom. The van der Waals surface area contributed by atoms with Crippen LogP contribution < -0.4 is 5.32 Å². The van der Waals surface area contributed by atoms with Gasteiger partial charge in [0.1, 0.15) is 6.10 Å². The second-order valence-corrected chi connectivity index (χ2v) is 6.54. The number of rotatable bonds is 4. The van der Waals surface area contributed by atoms with Crippen molar-refractivity contribution in [2.24, 2.45) is 0 Å². The van der Waals surface area contributed by atoms with Crippen LogP contribution in [0.3, 0.4) is 0 Å². The van der Waals surface area contributed by atoms with E-state index in [9.17, 15) is 0 Å². The minimum Gasteiger partial charge on any atom is -0.371 e. The lowest BCUT2D eigenvalue weighted by Gasteiger charge is -2.32. The average Bonchev–Trinajstić information content (AvgIpc) is 2.91. The Labute approximate surface area is 124 Å². The summed E-state index contributed by atoms with van der Waals surface area (Å²) in [6.07, 6.45) is 1.15. The molecule has 2 aromatic rings. The van der Waals surface area contributed by atoms with Crippen LogP contribution in [-0.2, 0) is 11.2 Å². The Bertz CT molecular complexity index is 578. The first-order valence-electron chi connectivity index (χ1n) is 7.28. The highest BCUT2D eigenvalue weighted by molar-refractivity contribution is 7.12. The summed E-state index contributed by atoms with van der Waals surface area (Å²) in [5.74, 6) is 0. The molecule has 0 radical (unpaired) electrons. The van der Waals surface area contributed by atoms with Gasteiger partial charge in [-0.25, -0.2) is 0 Å². The van der Waals surface area contributed by atoms with Crippen LogP contribution in [0, 0.1) is 6.92 Å². The lowest BCUT2D eigenvalue weighted by molar-refractivity contribution is 0.0160. The van der Waals surface area contributed by atoms with E-state index in [1.165, 1.54) is 20.9 Å². The smallest absolute Gasteiger partial charge is 0.103 e. The Hall–Kier alpha value is -1.16. The van der Waals surface area contributed by atoms with Gasteiger partial charge in [0.05, 0.1) is 12.6 Å². The molecule has 1 N–H and O–H groups in total. The fraction of sp³-hybridized carbons (Fsp3) is 0.412. The fourth-order valence-corrected chi connectivity index (χ4v) is 3.88. The molecule has 1 aromatic carbocycles. The summed E-state index contributed by atoms with van der Waals surface area (Å²) in [5, 5.41) is 3.61. The molecule has 2 atom stereocenters. The molecule has 1 aliphatic heterocycles. The molecule has 0 saturated carbocycles. The molecule has 1 aromatic heterocycles. The Kier molecular flexibility index (Phi) is 4.20.